The van der Waals surface area contributed by atoms with Crippen molar-refractivity contribution >= 4 is 27.4 Å². The fourth-order valence-corrected chi connectivity index (χ4v) is 3.77. The number of ether oxygens (including phenoxy) is 2. The van der Waals surface area contributed by atoms with E-state index in [0.717, 1.165) is 0 Å². The van der Waals surface area contributed by atoms with Gasteiger partial charge >= 0.3 is 0 Å². The van der Waals surface area contributed by atoms with Gasteiger partial charge in [-0.25, -0.2) is 8.42 Å². The van der Waals surface area contributed by atoms with Crippen LogP contribution in [0.2, 0.25) is 0 Å². The summed E-state index contributed by atoms with van der Waals surface area (Å²) in [6.07, 6.45) is 2.04. The van der Waals surface area contributed by atoms with Crippen LogP contribution in [-0.4, -0.2) is 39.4 Å². The number of nitrogens with zero attached hydrogens (tertiary/aromatic N) is 1. The Bertz CT molecular complexity index is 627. The van der Waals surface area contributed by atoms with Crippen molar-refractivity contribution in [2.24, 2.45) is 0 Å². The fourth-order valence-electron chi connectivity index (χ4n) is 2.09. The summed E-state index contributed by atoms with van der Waals surface area (Å²) >= 11 is 5.64. The van der Waals surface area contributed by atoms with Crippen molar-refractivity contribution in [3.05, 3.63) is 30.0 Å². The SMILES string of the molecule is COC1=CN(CCCCl)S(=O)(=O)c2cccc(OC)c21. The maximum Gasteiger partial charge on any atom is 0.264 e. The molecule has 1 aromatic rings. The highest BCUT2D eigenvalue weighted by molar-refractivity contribution is 7.89. The van der Waals surface area contributed by atoms with Crippen molar-refractivity contribution < 1.29 is 17.9 Å². The molecular formula is C13H16ClNO4S. The summed E-state index contributed by atoms with van der Waals surface area (Å²) in [5, 5.41) is 0. The Morgan fingerprint density at radius 1 is 1.25 bits per heavy atom. The standard InChI is InChI=1S/C13H16ClNO4S/c1-18-10-5-3-6-12-13(10)11(19-2)9-15(8-4-7-14)20(12,16)17/h3,5-6,9H,4,7-8H2,1-2H3. The van der Waals surface area contributed by atoms with Crippen LogP contribution in [0.15, 0.2) is 29.3 Å². The van der Waals surface area contributed by atoms with Crippen molar-refractivity contribution in [3.63, 3.8) is 0 Å². The minimum atomic E-state index is -3.59. The van der Waals surface area contributed by atoms with E-state index in [9.17, 15) is 8.42 Å². The highest BCUT2D eigenvalue weighted by Gasteiger charge is 2.33. The first-order chi connectivity index (χ1) is 9.56. The Morgan fingerprint density at radius 2 is 2.00 bits per heavy atom. The van der Waals surface area contributed by atoms with Crippen molar-refractivity contribution in [3.8, 4) is 5.75 Å². The van der Waals surface area contributed by atoms with Gasteiger partial charge in [-0.2, -0.15) is 0 Å². The molecule has 5 nitrogen and oxygen atoms in total. The van der Waals surface area contributed by atoms with Gasteiger partial charge in [-0.15, -0.1) is 11.6 Å². The predicted octanol–water partition coefficient (Wildman–Crippen LogP) is 2.27. The van der Waals surface area contributed by atoms with Gasteiger partial charge in [-0.05, 0) is 18.6 Å². The summed E-state index contributed by atoms with van der Waals surface area (Å²) in [6, 6.07) is 4.90. The van der Waals surface area contributed by atoms with Crippen LogP contribution in [-0.2, 0) is 14.8 Å². The van der Waals surface area contributed by atoms with Crippen molar-refractivity contribution in [2.75, 3.05) is 26.6 Å². The molecule has 20 heavy (non-hydrogen) atoms. The van der Waals surface area contributed by atoms with Crippen molar-refractivity contribution in [1.29, 1.82) is 0 Å². The van der Waals surface area contributed by atoms with E-state index in [2.05, 4.69) is 0 Å². The molecule has 0 N–H and O–H groups in total. The highest BCUT2D eigenvalue weighted by atomic mass is 35.5. The van der Waals surface area contributed by atoms with Crippen LogP contribution in [0, 0.1) is 0 Å². The van der Waals surface area contributed by atoms with Gasteiger partial charge in [-0.1, -0.05) is 6.07 Å². The number of hydrogen-bond acceptors (Lipinski definition) is 4. The zero-order valence-electron chi connectivity index (χ0n) is 11.3. The lowest BCUT2D eigenvalue weighted by atomic mass is 10.1. The molecule has 0 fully saturated rings. The molecule has 2 rings (SSSR count). The van der Waals surface area contributed by atoms with Gasteiger partial charge in [0.2, 0.25) is 0 Å². The van der Waals surface area contributed by atoms with Crippen molar-refractivity contribution in [2.45, 2.75) is 11.3 Å². The molecule has 1 heterocycles. The number of benzene rings is 1. The van der Waals surface area contributed by atoms with E-state index in [-0.39, 0.29) is 4.90 Å². The third-order valence-corrected chi connectivity index (χ3v) is 5.10. The largest absolute Gasteiger partial charge is 0.496 e. The lowest BCUT2D eigenvalue weighted by Crippen LogP contribution is -2.31. The van der Waals surface area contributed by atoms with Crippen LogP contribution in [0.3, 0.4) is 0 Å². The third-order valence-electron chi connectivity index (χ3n) is 3.03. The predicted molar refractivity (Wildman–Crippen MR) is 77.2 cm³/mol. The summed E-state index contributed by atoms with van der Waals surface area (Å²) in [7, 11) is -0.597. The second-order valence-electron chi connectivity index (χ2n) is 4.19. The van der Waals surface area contributed by atoms with E-state index >= 15 is 0 Å². The molecule has 0 atom stereocenters. The topological polar surface area (TPSA) is 55.8 Å². The first-order valence-electron chi connectivity index (χ1n) is 6.07. The number of fused-ring (bicyclic) bond motifs is 1. The fraction of sp³-hybridized carbons (Fsp3) is 0.385. The van der Waals surface area contributed by atoms with Crippen molar-refractivity contribution in [1.82, 2.24) is 4.31 Å². The molecule has 0 spiro atoms. The van der Waals surface area contributed by atoms with Gasteiger partial charge in [-0.3, -0.25) is 4.31 Å². The van der Waals surface area contributed by atoms with E-state index < -0.39 is 10.0 Å². The Labute approximate surface area is 123 Å². The second kappa shape index (κ2) is 5.93. The van der Waals surface area contributed by atoms with Crippen LogP contribution in [0.25, 0.3) is 5.76 Å². The van der Waals surface area contributed by atoms with E-state index in [0.29, 0.717) is 35.9 Å². The molecular weight excluding hydrogens is 302 g/mol. The molecule has 110 valence electrons. The summed E-state index contributed by atoms with van der Waals surface area (Å²) in [5.41, 5.74) is 0.458. The zero-order valence-corrected chi connectivity index (χ0v) is 12.9. The van der Waals surface area contributed by atoms with E-state index in [1.807, 2.05) is 0 Å². The van der Waals surface area contributed by atoms with Gasteiger partial charge in [0.25, 0.3) is 10.0 Å². The van der Waals surface area contributed by atoms with Gasteiger partial charge in [0.1, 0.15) is 16.4 Å². The average molecular weight is 318 g/mol. The van der Waals surface area contributed by atoms with Gasteiger partial charge in [0, 0.05) is 12.4 Å². The Morgan fingerprint density at radius 3 is 2.60 bits per heavy atom. The monoisotopic (exact) mass is 317 g/mol. The van der Waals surface area contributed by atoms with Crippen LogP contribution in [0.1, 0.15) is 12.0 Å². The molecule has 0 amide bonds. The van der Waals surface area contributed by atoms with Crippen LogP contribution in [0.4, 0.5) is 0 Å². The molecule has 0 aromatic heterocycles. The maximum absolute atomic E-state index is 12.6. The summed E-state index contributed by atoms with van der Waals surface area (Å²) in [5.74, 6) is 1.32. The van der Waals surface area contributed by atoms with Gasteiger partial charge < -0.3 is 9.47 Å². The number of methoxy groups -OCH3 is 2. The Balaban J connectivity index is 2.60. The second-order valence-corrected chi connectivity index (χ2v) is 6.43. The lowest BCUT2D eigenvalue weighted by molar-refractivity contribution is 0.348. The molecule has 0 radical (unpaired) electrons. The van der Waals surface area contributed by atoms with Crippen LogP contribution < -0.4 is 4.74 Å². The van der Waals surface area contributed by atoms with E-state index in [1.165, 1.54) is 24.7 Å². The van der Waals surface area contributed by atoms with Crippen LogP contribution in [0.5, 0.6) is 5.75 Å². The molecule has 1 aromatic carbocycles. The third kappa shape index (κ3) is 2.45. The minimum Gasteiger partial charge on any atom is -0.496 e. The minimum absolute atomic E-state index is 0.186. The normalized spacial score (nSPS) is 16.4. The highest BCUT2D eigenvalue weighted by Crippen LogP contribution is 2.38. The smallest absolute Gasteiger partial charge is 0.264 e. The molecule has 0 saturated carbocycles. The maximum atomic E-state index is 12.6. The number of sulfonamides is 1. The van der Waals surface area contributed by atoms with E-state index in [1.54, 1.807) is 18.2 Å². The lowest BCUT2D eigenvalue weighted by Gasteiger charge is -2.28. The number of alkyl halides is 1. The summed E-state index contributed by atoms with van der Waals surface area (Å²) in [4.78, 5) is 0.186. The average Bonchev–Trinajstić information content (AvgIpc) is 2.46. The van der Waals surface area contributed by atoms with E-state index in [4.69, 9.17) is 21.1 Å². The molecule has 0 aliphatic carbocycles. The molecule has 0 unspecified atom stereocenters. The summed E-state index contributed by atoms with van der Waals surface area (Å²) in [6.45, 7) is 0.315. The molecule has 7 heteroatoms. The Kier molecular flexibility index (Phi) is 4.45. The number of rotatable bonds is 5. The quantitative estimate of drug-likeness (QED) is 0.782. The zero-order chi connectivity index (χ0) is 14.8. The number of hydrogen-bond donors (Lipinski definition) is 0. The molecule has 1 aliphatic rings. The summed E-state index contributed by atoms with van der Waals surface area (Å²) < 4.78 is 36.9. The molecule has 1 aliphatic heterocycles. The first kappa shape index (κ1) is 15.0. The first-order valence-corrected chi connectivity index (χ1v) is 8.04. The Hall–Kier alpha value is -1.40. The molecule has 0 saturated heterocycles. The molecule has 0 bridgehead atoms. The van der Waals surface area contributed by atoms with Gasteiger partial charge in [0.15, 0.2) is 0 Å². The van der Waals surface area contributed by atoms with Crippen LogP contribution >= 0.6 is 11.6 Å². The number of halogens is 1. The van der Waals surface area contributed by atoms with Gasteiger partial charge in [0.05, 0.1) is 26.0 Å².